The Labute approximate surface area is 275 Å². The minimum atomic E-state index is 0. The molecule has 0 aliphatic rings. The van der Waals surface area contributed by atoms with E-state index in [1.165, 1.54) is 0 Å². The molecule has 10 rings (SSSR count). The number of pyridine rings is 2. The van der Waals surface area contributed by atoms with E-state index in [1.54, 1.807) is 12.4 Å². The van der Waals surface area contributed by atoms with E-state index in [0.29, 0.717) is 11.5 Å². The molecule has 0 amide bonds. The summed E-state index contributed by atoms with van der Waals surface area (Å²) in [4.78, 5) is 19.3. The zero-order valence-electron chi connectivity index (χ0n) is 23.8. The minimum Gasteiger partial charge on any atom is -0.509 e. The maximum atomic E-state index is 6.39. The van der Waals surface area contributed by atoms with Crippen LogP contribution in [0.4, 0.5) is 0 Å². The molecule has 0 atom stereocenters. The van der Waals surface area contributed by atoms with E-state index in [1.807, 2.05) is 94.1 Å². The van der Waals surface area contributed by atoms with Crippen molar-refractivity contribution in [3.8, 4) is 22.9 Å². The average Bonchev–Trinajstić information content (AvgIpc) is 3.81. The summed E-state index contributed by atoms with van der Waals surface area (Å²) < 4.78 is 14.7. The summed E-state index contributed by atoms with van der Waals surface area (Å²) in [5, 5.41) is 0. The van der Waals surface area contributed by atoms with Gasteiger partial charge in [-0.2, -0.15) is 12.1 Å². The Kier molecular flexibility index (Phi) is 5.85. The Morgan fingerprint density at radius 2 is 0.935 bits per heavy atom. The standard InChI is InChI=1S/C36H20N8O.Pt/c1-3-15-29-27(13-1)39-35-41(33-31(43(29)35)17-7-19-37-33)23-9-5-11-25(21-23)45-26-12-6-10-24(22-26)42-34-32(18-8-20-38-34)44-30-16-4-2-14-28(30)40-36(42)44;/h1-20H;/q-2;+2. The third kappa shape index (κ3) is 3.79. The molecule has 0 unspecified atom stereocenters. The van der Waals surface area contributed by atoms with Gasteiger partial charge in [0.2, 0.25) is 11.6 Å². The fraction of sp³-hybridized carbons (Fsp3) is 0. The molecule has 10 heteroatoms. The summed E-state index contributed by atoms with van der Waals surface area (Å²) >= 11 is 0. The third-order valence-electron chi connectivity index (χ3n) is 8.13. The zero-order chi connectivity index (χ0) is 29.5. The Morgan fingerprint density at radius 3 is 1.43 bits per heavy atom. The smallest absolute Gasteiger partial charge is 0.509 e. The van der Waals surface area contributed by atoms with Crippen LogP contribution in [-0.2, 0) is 21.1 Å². The van der Waals surface area contributed by atoms with Crippen LogP contribution in [0.25, 0.3) is 67.3 Å². The van der Waals surface area contributed by atoms with Gasteiger partial charge in [0.15, 0.2) is 11.3 Å². The van der Waals surface area contributed by atoms with Gasteiger partial charge in [0.05, 0.1) is 33.1 Å². The van der Waals surface area contributed by atoms with Crippen molar-refractivity contribution in [3.63, 3.8) is 0 Å². The fourth-order valence-electron chi connectivity index (χ4n) is 6.28. The second kappa shape index (κ2) is 10.1. The van der Waals surface area contributed by atoms with Crippen molar-refractivity contribution in [2.75, 3.05) is 0 Å². The van der Waals surface area contributed by atoms with Crippen LogP contribution in [-0.4, -0.2) is 37.9 Å². The van der Waals surface area contributed by atoms with E-state index in [4.69, 9.17) is 24.7 Å². The largest absolute Gasteiger partial charge is 2.00 e. The molecule has 0 saturated carbocycles. The number of ether oxygens (including phenoxy) is 1. The molecule has 0 N–H and O–H groups in total. The molecule has 46 heavy (non-hydrogen) atoms. The molecule has 9 nitrogen and oxygen atoms in total. The molecule has 6 aromatic heterocycles. The Morgan fingerprint density at radius 1 is 0.478 bits per heavy atom. The quantitative estimate of drug-likeness (QED) is 0.175. The number of nitrogens with zero attached hydrogens (tertiary/aromatic N) is 8. The van der Waals surface area contributed by atoms with Gasteiger partial charge < -0.3 is 4.74 Å². The summed E-state index contributed by atoms with van der Waals surface area (Å²) in [6.07, 6.45) is 3.59. The van der Waals surface area contributed by atoms with Crippen LogP contribution in [0.3, 0.4) is 0 Å². The van der Waals surface area contributed by atoms with Crippen LogP contribution in [0.1, 0.15) is 0 Å². The predicted octanol–water partition coefficient (Wildman–Crippen LogP) is 7.36. The molecule has 0 aliphatic carbocycles. The molecule has 220 valence electrons. The first kappa shape index (κ1) is 26.6. The van der Waals surface area contributed by atoms with Gasteiger partial charge in [-0.3, -0.25) is 17.9 Å². The summed E-state index contributed by atoms with van der Waals surface area (Å²) in [6, 6.07) is 42.7. The molecular formula is C36H20N8OPt. The first-order valence-corrected chi connectivity index (χ1v) is 14.5. The van der Waals surface area contributed by atoms with Gasteiger partial charge in [0, 0.05) is 23.9 Å². The van der Waals surface area contributed by atoms with Crippen molar-refractivity contribution < 1.29 is 25.8 Å². The molecule has 6 heterocycles. The van der Waals surface area contributed by atoms with Crippen LogP contribution >= 0.6 is 0 Å². The topological polar surface area (TPSA) is 79.5 Å². The molecule has 0 bridgehead atoms. The van der Waals surface area contributed by atoms with Crippen molar-refractivity contribution in [2.45, 2.75) is 0 Å². The van der Waals surface area contributed by atoms with Gasteiger partial charge in [0.25, 0.3) is 0 Å². The fourth-order valence-corrected chi connectivity index (χ4v) is 6.28. The Bertz CT molecular complexity index is 2580. The van der Waals surface area contributed by atoms with Crippen LogP contribution < -0.4 is 4.74 Å². The van der Waals surface area contributed by atoms with Crippen LogP contribution in [0.15, 0.2) is 122 Å². The number of hydrogen-bond donors (Lipinski definition) is 0. The van der Waals surface area contributed by atoms with Crippen LogP contribution in [0.2, 0.25) is 0 Å². The number of para-hydroxylation sites is 4. The molecule has 0 aliphatic heterocycles. The Balaban J connectivity index is 0.00000292. The molecule has 0 spiro atoms. The zero-order valence-corrected chi connectivity index (χ0v) is 26.1. The molecular weight excluding hydrogens is 756 g/mol. The first-order valence-electron chi connectivity index (χ1n) is 14.5. The van der Waals surface area contributed by atoms with Crippen molar-refractivity contribution in [3.05, 3.63) is 134 Å². The van der Waals surface area contributed by atoms with Crippen LogP contribution in [0, 0.1) is 12.1 Å². The molecule has 4 aromatic carbocycles. The Hall–Kier alpha value is -5.79. The van der Waals surface area contributed by atoms with E-state index in [-0.39, 0.29) is 21.1 Å². The summed E-state index contributed by atoms with van der Waals surface area (Å²) in [5.74, 6) is 2.60. The first-order chi connectivity index (χ1) is 22.3. The normalized spacial score (nSPS) is 11.7. The van der Waals surface area contributed by atoms with Crippen molar-refractivity contribution in [1.82, 2.24) is 37.9 Å². The number of rotatable bonds is 4. The molecule has 0 radical (unpaired) electrons. The molecule has 10 aromatic rings. The number of aromatic nitrogens is 8. The van der Waals surface area contributed by atoms with Gasteiger partial charge in [-0.15, -0.1) is 36.4 Å². The van der Waals surface area contributed by atoms with Crippen molar-refractivity contribution >= 4 is 55.9 Å². The molecule has 0 saturated heterocycles. The second-order valence-corrected chi connectivity index (χ2v) is 10.7. The summed E-state index contributed by atoms with van der Waals surface area (Å²) in [6.45, 7) is 0. The van der Waals surface area contributed by atoms with E-state index in [2.05, 4.69) is 45.2 Å². The third-order valence-corrected chi connectivity index (χ3v) is 8.13. The number of imidazole rings is 4. The predicted molar refractivity (Wildman–Crippen MR) is 172 cm³/mol. The van der Waals surface area contributed by atoms with Gasteiger partial charge in [-0.05, 0) is 48.5 Å². The second-order valence-electron chi connectivity index (χ2n) is 10.7. The summed E-state index contributed by atoms with van der Waals surface area (Å²) in [7, 11) is 0. The molecule has 0 fully saturated rings. The number of fused-ring (bicyclic) bond motifs is 10. The van der Waals surface area contributed by atoms with Gasteiger partial charge in [-0.25, -0.2) is 19.9 Å². The maximum absolute atomic E-state index is 6.39. The van der Waals surface area contributed by atoms with E-state index in [0.717, 1.165) is 67.3 Å². The van der Waals surface area contributed by atoms with Crippen molar-refractivity contribution in [2.24, 2.45) is 0 Å². The SMILES string of the molecule is [Pt+2].[c-]1c(Oc2[c-]c(-n3c4ncccc4n4c5ccccc5nc34)ccc2)cccc1-n1c2ncccc2n2c3ccccc3nc12. The maximum Gasteiger partial charge on any atom is 2.00 e. The number of benzene rings is 4. The number of hydrogen-bond acceptors (Lipinski definition) is 5. The van der Waals surface area contributed by atoms with E-state index in [9.17, 15) is 0 Å². The minimum absolute atomic E-state index is 0. The van der Waals surface area contributed by atoms with Gasteiger partial charge >= 0.3 is 21.1 Å². The van der Waals surface area contributed by atoms with E-state index >= 15 is 0 Å². The monoisotopic (exact) mass is 775 g/mol. The average molecular weight is 776 g/mol. The van der Waals surface area contributed by atoms with Crippen LogP contribution in [0.5, 0.6) is 11.5 Å². The summed E-state index contributed by atoms with van der Waals surface area (Å²) in [5.41, 5.74) is 8.92. The van der Waals surface area contributed by atoms with Crippen molar-refractivity contribution in [1.29, 1.82) is 0 Å². The van der Waals surface area contributed by atoms with Gasteiger partial charge in [0.1, 0.15) is 0 Å². The van der Waals surface area contributed by atoms with E-state index < -0.39 is 0 Å². The van der Waals surface area contributed by atoms with Gasteiger partial charge in [-0.1, -0.05) is 35.6 Å².